The standard InChI is InChI=1S/C14H15Cl2N5O.ClH/c1-8(17-2)3-12-19-13(22-20-12)5-10-7-21-6-9(15)4-11(16)14(21)18-10;/h4,6-8,17H,3,5H2,1-2H3;1H. The average Bonchev–Trinajstić information content (AvgIpc) is 3.06. The summed E-state index contributed by atoms with van der Waals surface area (Å²) < 4.78 is 7.06. The summed E-state index contributed by atoms with van der Waals surface area (Å²) in [6, 6.07) is 1.96. The zero-order valence-electron chi connectivity index (χ0n) is 12.6. The Morgan fingerprint density at radius 2 is 2.09 bits per heavy atom. The maximum atomic E-state index is 6.13. The third-order valence-corrected chi connectivity index (χ3v) is 3.83. The Bertz CT molecular complexity index is 801. The molecule has 124 valence electrons. The molecule has 0 spiro atoms. The van der Waals surface area contributed by atoms with Gasteiger partial charge in [0.05, 0.1) is 22.2 Å². The summed E-state index contributed by atoms with van der Waals surface area (Å²) in [5.41, 5.74) is 1.45. The first-order valence-electron chi connectivity index (χ1n) is 6.86. The van der Waals surface area contributed by atoms with Gasteiger partial charge in [0.25, 0.3) is 0 Å². The van der Waals surface area contributed by atoms with Crippen LogP contribution in [0.1, 0.15) is 24.3 Å². The number of aromatic nitrogens is 4. The summed E-state index contributed by atoms with van der Waals surface area (Å²) in [6.45, 7) is 2.06. The lowest BCUT2D eigenvalue weighted by Crippen LogP contribution is -2.24. The molecular weight excluding hydrogens is 361 g/mol. The van der Waals surface area contributed by atoms with E-state index in [1.807, 2.05) is 13.2 Å². The molecule has 0 aliphatic carbocycles. The molecule has 1 N–H and O–H groups in total. The molecule has 3 aromatic heterocycles. The molecule has 0 saturated carbocycles. The Hall–Kier alpha value is -1.34. The topological polar surface area (TPSA) is 68.2 Å². The molecule has 9 heteroatoms. The van der Waals surface area contributed by atoms with Crippen LogP contribution in [0, 0.1) is 0 Å². The Labute approximate surface area is 149 Å². The van der Waals surface area contributed by atoms with Crippen LogP contribution in [0.5, 0.6) is 0 Å². The number of likely N-dealkylation sites (N-methyl/N-ethyl adjacent to an activating group) is 1. The van der Waals surface area contributed by atoms with Crippen molar-refractivity contribution in [2.75, 3.05) is 7.05 Å². The van der Waals surface area contributed by atoms with Crippen LogP contribution in [0.2, 0.25) is 10.0 Å². The molecule has 6 nitrogen and oxygen atoms in total. The minimum atomic E-state index is 0. The van der Waals surface area contributed by atoms with Gasteiger partial charge in [0, 0.05) is 24.9 Å². The molecule has 0 radical (unpaired) electrons. The summed E-state index contributed by atoms with van der Waals surface area (Å²) in [7, 11) is 1.90. The molecule has 1 atom stereocenters. The highest BCUT2D eigenvalue weighted by Gasteiger charge is 2.13. The highest BCUT2D eigenvalue weighted by Crippen LogP contribution is 2.22. The second-order valence-corrected chi connectivity index (χ2v) is 5.99. The van der Waals surface area contributed by atoms with Gasteiger partial charge in [-0.2, -0.15) is 4.98 Å². The number of imidazole rings is 1. The van der Waals surface area contributed by atoms with Gasteiger partial charge in [0.15, 0.2) is 11.5 Å². The van der Waals surface area contributed by atoms with Gasteiger partial charge in [-0.1, -0.05) is 28.4 Å². The van der Waals surface area contributed by atoms with E-state index in [9.17, 15) is 0 Å². The van der Waals surface area contributed by atoms with Gasteiger partial charge in [-0.05, 0) is 20.0 Å². The zero-order valence-corrected chi connectivity index (χ0v) is 14.9. The van der Waals surface area contributed by atoms with Crippen LogP contribution >= 0.6 is 35.6 Å². The molecule has 3 heterocycles. The summed E-state index contributed by atoms with van der Waals surface area (Å²) in [5, 5.41) is 8.18. The van der Waals surface area contributed by atoms with Crippen molar-refractivity contribution in [3.63, 3.8) is 0 Å². The maximum Gasteiger partial charge on any atom is 0.232 e. The first-order valence-corrected chi connectivity index (χ1v) is 7.62. The summed E-state index contributed by atoms with van der Waals surface area (Å²) >= 11 is 12.1. The van der Waals surface area contributed by atoms with E-state index < -0.39 is 0 Å². The highest BCUT2D eigenvalue weighted by atomic mass is 35.5. The Morgan fingerprint density at radius 3 is 2.83 bits per heavy atom. The second-order valence-electron chi connectivity index (χ2n) is 5.14. The monoisotopic (exact) mass is 375 g/mol. The van der Waals surface area contributed by atoms with Crippen LogP contribution in [-0.2, 0) is 12.8 Å². The lowest BCUT2D eigenvalue weighted by molar-refractivity contribution is 0.376. The molecule has 0 amide bonds. The third-order valence-electron chi connectivity index (χ3n) is 3.35. The fourth-order valence-corrected chi connectivity index (χ4v) is 2.66. The highest BCUT2D eigenvalue weighted by molar-refractivity contribution is 6.36. The number of hydrogen-bond acceptors (Lipinski definition) is 5. The van der Waals surface area contributed by atoms with Gasteiger partial charge >= 0.3 is 0 Å². The molecule has 0 aromatic carbocycles. The fraction of sp³-hybridized carbons (Fsp3) is 0.357. The Balaban J connectivity index is 0.00000192. The van der Waals surface area contributed by atoms with Crippen molar-refractivity contribution in [1.82, 2.24) is 24.8 Å². The van der Waals surface area contributed by atoms with E-state index in [4.69, 9.17) is 27.7 Å². The van der Waals surface area contributed by atoms with Gasteiger partial charge in [-0.3, -0.25) is 0 Å². The largest absolute Gasteiger partial charge is 0.339 e. The lowest BCUT2D eigenvalue weighted by Gasteiger charge is -2.04. The van der Waals surface area contributed by atoms with Gasteiger partial charge < -0.3 is 14.2 Å². The van der Waals surface area contributed by atoms with Crippen LogP contribution in [0.4, 0.5) is 0 Å². The Morgan fingerprint density at radius 1 is 1.30 bits per heavy atom. The zero-order chi connectivity index (χ0) is 15.7. The van der Waals surface area contributed by atoms with Crippen molar-refractivity contribution in [3.8, 4) is 0 Å². The van der Waals surface area contributed by atoms with Crippen molar-refractivity contribution < 1.29 is 4.52 Å². The van der Waals surface area contributed by atoms with Crippen LogP contribution in [-0.4, -0.2) is 32.6 Å². The quantitative estimate of drug-likeness (QED) is 0.740. The van der Waals surface area contributed by atoms with Crippen molar-refractivity contribution in [3.05, 3.63) is 45.9 Å². The number of halogens is 3. The number of fused-ring (bicyclic) bond motifs is 1. The molecular formula is C14H16Cl3N5O. The third kappa shape index (κ3) is 4.14. The smallest absolute Gasteiger partial charge is 0.232 e. The van der Waals surface area contributed by atoms with Crippen LogP contribution < -0.4 is 5.32 Å². The van der Waals surface area contributed by atoms with E-state index in [1.165, 1.54) is 0 Å². The first-order chi connectivity index (χ1) is 10.5. The van der Waals surface area contributed by atoms with E-state index in [-0.39, 0.29) is 12.4 Å². The van der Waals surface area contributed by atoms with Crippen LogP contribution in [0.25, 0.3) is 5.65 Å². The van der Waals surface area contributed by atoms with E-state index in [1.54, 1.807) is 16.7 Å². The molecule has 3 rings (SSSR count). The number of pyridine rings is 1. The molecule has 0 aliphatic rings. The molecule has 1 unspecified atom stereocenters. The predicted molar refractivity (Wildman–Crippen MR) is 91.8 cm³/mol. The maximum absolute atomic E-state index is 6.13. The average molecular weight is 377 g/mol. The first kappa shape index (κ1) is 18.0. The predicted octanol–water partition coefficient (Wildman–Crippen LogP) is 3.19. The van der Waals surface area contributed by atoms with Crippen molar-refractivity contribution >= 4 is 41.3 Å². The summed E-state index contributed by atoms with van der Waals surface area (Å²) in [6.07, 6.45) is 4.78. The van der Waals surface area contributed by atoms with Gasteiger partial charge in [-0.25, -0.2) is 4.98 Å². The number of hydrogen-bond donors (Lipinski definition) is 1. The Kier molecular flexibility index (Phi) is 5.86. The van der Waals surface area contributed by atoms with Crippen molar-refractivity contribution in [1.29, 1.82) is 0 Å². The lowest BCUT2D eigenvalue weighted by atomic mass is 10.2. The summed E-state index contributed by atoms with van der Waals surface area (Å²) in [5.74, 6) is 1.21. The second kappa shape index (κ2) is 7.49. The van der Waals surface area contributed by atoms with Gasteiger partial charge in [0.2, 0.25) is 5.89 Å². The van der Waals surface area contributed by atoms with E-state index in [0.717, 1.165) is 5.69 Å². The SMILES string of the molecule is CNC(C)Cc1noc(Cc2cn3cc(Cl)cc(Cl)c3n2)n1.Cl. The van der Waals surface area contributed by atoms with Gasteiger partial charge in [0.1, 0.15) is 0 Å². The van der Waals surface area contributed by atoms with Crippen LogP contribution in [0.3, 0.4) is 0 Å². The number of nitrogens with one attached hydrogen (secondary N) is 1. The number of rotatable bonds is 5. The van der Waals surface area contributed by atoms with E-state index >= 15 is 0 Å². The number of nitrogens with zero attached hydrogens (tertiary/aromatic N) is 4. The van der Waals surface area contributed by atoms with E-state index in [0.29, 0.717) is 46.3 Å². The fourth-order valence-electron chi connectivity index (χ4n) is 2.14. The molecule has 0 fully saturated rings. The van der Waals surface area contributed by atoms with Crippen molar-refractivity contribution in [2.45, 2.75) is 25.8 Å². The minimum absolute atomic E-state index is 0. The molecule has 0 saturated heterocycles. The van der Waals surface area contributed by atoms with E-state index in [2.05, 4.69) is 27.4 Å². The molecule has 0 aliphatic heterocycles. The van der Waals surface area contributed by atoms with Crippen LogP contribution in [0.15, 0.2) is 23.0 Å². The minimum Gasteiger partial charge on any atom is -0.339 e. The normalized spacial score (nSPS) is 12.3. The van der Waals surface area contributed by atoms with Gasteiger partial charge in [-0.15, -0.1) is 12.4 Å². The summed E-state index contributed by atoms with van der Waals surface area (Å²) in [4.78, 5) is 8.84. The molecule has 0 bridgehead atoms. The molecule has 3 aromatic rings. The van der Waals surface area contributed by atoms with Crippen molar-refractivity contribution in [2.24, 2.45) is 0 Å². The molecule has 23 heavy (non-hydrogen) atoms.